The maximum Gasteiger partial charge on any atom is 0.407 e. The van der Waals surface area contributed by atoms with Crippen LogP contribution in [-0.4, -0.2) is 71.3 Å². The molecule has 12 heteroatoms. The molecule has 0 saturated carbocycles. The number of amides is 4. The van der Waals surface area contributed by atoms with Crippen LogP contribution in [0.2, 0.25) is 0 Å². The zero-order valence-electron chi connectivity index (χ0n) is 33.9. The Labute approximate surface area is 340 Å². The minimum absolute atomic E-state index is 0.0106. The zero-order valence-corrected chi connectivity index (χ0v) is 33.9. The number of fused-ring (bicyclic) bond motifs is 3. The Morgan fingerprint density at radius 1 is 0.621 bits per heavy atom. The van der Waals surface area contributed by atoms with Crippen LogP contribution in [0, 0.1) is 5.92 Å². The van der Waals surface area contributed by atoms with Gasteiger partial charge in [-0.3, -0.25) is 14.4 Å². The molecule has 58 heavy (non-hydrogen) atoms. The van der Waals surface area contributed by atoms with E-state index in [-0.39, 0.29) is 37.0 Å². The summed E-state index contributed by atoms with van der Waals surface area (Å²) in [6.07, 6.45) is -0.419. The van der Waals surface area contributed by atoms with E-state index in [2.05, 4.69) is 21.3 Å². The van der Waals surface area contributed by atoms with E-state index in [0.717, 1.165) is 27.8 Å². The molecule has 5 N–H and O–H groups in total. The van der Waals surface area contributed by atoms with Gasteiger partial charge in [0.15, 0.2) is 0 Å². The maximum absolute atomic E-state index is 14.2. The average Bonchev–Trinajstić information content (AvgIpc) is 3.50. The number of phenols is 1. The summed E-state index contributed by atoms with van der Waals surface area (Å²) in [4.78, 5) is 68.0. The molecule has 0 aliphatic heterocycles. The van der Waals surface area contributed by atoms with Crippen LogP contribution < -0.4 is 21.3 Å². The molecular formula is C46H54N4O8. The first-order valence-electron chi connectivity index (χ1n) is 19.6. The van der Waals surface area contributed by atoms with E-state index >= 15 is 0 Å². The Morgan fingerprint density at radius 2 is 1.12 bits per heavy atom. The van der Waals surface area contributed by atoms with Gasteiger partial charge in [-0.25, -0.2) is 9.59 Å². The number of benzene rings is 4. The number of hydrogen-bond acceptors (Lipinski definition) is 8. The summed E-state index contributed by atoms with van der Waals surface area (Å²) in [7, 11) is 0. The van der Waals surface area contributed by atoms with Crippen LogP contribution in [0.1, 0.15) is 76.1 Å². The Kier molecular flexibility index (Phi) is 14.3. The number of hydrogen-bond donors (Lipinski definition) is 5. The van der Waals surface area contributed by atoms with Crippen molar-refractivity contribution in [3.8, 4) is 16.9 Å². The standard InChI is InChI=1S/C46H54N4O8/c1-28(2)24-40(44(55)58-46(4,5)6)49-41(52)29(3)47-42(53)38(25-30-14-8-7-9-15-30)48-43(54)39(26-31-20-22-32(51)23-21-31)50-45(56)57-27-37-35-18-12-10-16-33(35)34-17-11-13-19-36(34)37/h7-23,28-29,37-40,51H,24-27H2,1-6H3,(H,47,53)(H,48,54)(H,49,52)(H,50,56)/t29-,38-,39-,40-/m0/s1. The highest BCUT2D eigenvalue weighted by Gasteiger charge is 2.33. The van der Waals surface area contributed by atoms with Crippen molar-refractivity contribution in [2.24, 2.45) is 5.92 Å². The number of esters is 1. The number of alkyl carbamates (subject to hydrolysis) is 1. The number of ether oxygens (including phenoxy) is 2. The van der Waals surface area contributed by atoms with Gasteiger partial charge < -0.3 is 35.8 Å². The first-order chi connectivity index (χ1) is 27.6. The lowest BCUT2D eigenvalue weighted by Gasteiger charge is -2.27. The molecule has 0 unspecified atom stereocenters. The lowest BCUT2D eigenvalue weighted by molar-refractivity contribution is -0.159. The van der Waals surface area contributed by atoms with Gasteiger partial charge in [-0.05, 0) is 85.5 Å². The van der Waals surface area contributed by atoms with Crippen LogP contribution in [0.3, 0.4) is 0 Å². The summed E-state index contributed by atoms with van der Waals surface area (Å²) in [6.45, 7) is 10.6. The van der Waals surface area contributed by atoms with Crippen molar-refractivity contribution in [1.29, 1.82) is 0 Å². The van der Waals surface area contributed by atoms with E-state index in [1.165, 1.54) is 19.1 Å². The van der Waals surface area contributed by atoms with E-state index in [0.29, 0.717) is 12.0 Å². The summed E-state index contributed by atoms with van der Waals surface area (Å²) in [5.74, 6) is -2.61. The van der Waals surface area contributed by atoms with Gasteiger partial charge in [0.1, 0.15) is 42.1 Å². The summed E-state index contributed by atoms with van der Waals surface area (Å²) < 4.78 is 11.3. The van der Waals surface area contributed by atoms with Crippen LogP contribution in [0.5, 0.6) is 5.75 Å². The molecule has 12 nitrogen and oxygen atoms in total. The second-order valence-electron chi connectivity index (χ2n) is 16.1. The molecule has 0 spiro atoms. The normalized spacial score (nSPS) is 14.2. The van der Waals surface area contributed by atoms with Crippen molar-refractivity contribution in [1.82, 2.24) is 21.3 Å². The van der Waals surface area contributed by atoms with Gasteiger partial charge in [0.05, 0.1) is 0 Å². The topological polar surface area (TPSA) is 172 Å². The molecule has 4 atom stereocenters. The monoisotopic (exact) mass is 790 g/mol. The minimum Gasteiger partial charge on any atom is -0.508 e. The Morgan fingerprint density at radius 3 is 1.69 bits per heavy atom. The second kappa shape index (κ2) is 19.3. The summed E-state index contributed by atoms with van der Waals surface area (Å²) in [5.41, 5.74) is 4.82. The predicted octanol–water partition coefficient (Wildman–Crippen LogP) is 5.95. The van der Waals surface area contributed by atoms with Crippen molar-refractivity contribution < 1.29 is 38.6 Å². The van der Waals surface area contributed by atoms with Gasteiger partial charge >= 0.3 is 12.1 Å². The molecule has 0 aromatic heterocycles. The number of nitrogens with one attached hydrogen (secondary N) is 4. The van der Waals surface area contributed by atoms with E-state index < -0.39 is 59.6 Å². The maximum atomic E-state index is 14.2. The lowest BCUT2D eigenvalue weighted by Crippen LogP contribution is -2.58. The first-order valence-corrected chi connectivity index (χ1v) is 19.6. The highest BCUT2D eigenvalue weighted by atomic mass is 16.6. The molecule has 0 radical (unpaired) electrons. The zero-order chi connectivity index (χ0) is 42.0. The van der Waals surface area contributed by atoms with E-state index in [1.807, 2.05) is 80.6 Å². The second-order valence-corrected chi connectivity index (χ2v) is 16.1. The van der Waals surface area contributed by atoms with Gasteiger partial charge in [-0.1, -0.05) is 105 Å². The van der Waals surface area contributed by atoms with Crippen molar-refractivity contribution in [3.05, 3.63) is 125 Å². The lowest BCUT2D eigenvalue weighted by atomic mass is 9.98. The molecule has 0 saturated heterocycles. The van der Waals surface area contributed by atoms with Gasteiger partial charge in [0, 0.05) is 18.8 Å². The first kappa shape index (κ1) is 43.0. The van der Waals surface area contributed by atoms with Gasteiger partial charge in [-0.15, -0.1) is 0 Å². The van der Waals surface area contributed by atoms with Crippen molar-refractivity contribution in [2.75, 3.05) is 6.61 Å². The van der Waals surface area contributed by atoms with Crippen LogP contribution in [-0.2, 0) is 41.5 Å². The third kappa shape index (κ3) is 11.9. The molecule has 0 bridgehead atoms. The number of aromatic hydroxyl groups is 1. The summed E-state index contributed by atoms with van der Waals surface area (Å²) in [5, 5.41) is 20.8. The number of phenolic OH excluding ortho intramolecular Hbond substituents is 1. The van der Waals surface area contributed by atoms with Crippen molar-refractivity contribution >= 4 is 29.8 Å². The van der Waals surface area contributed by atoms with E-state index in [9.17, 15) is 29.1 Å². The highest BCUT2D eigenvalue weighted by molar-refractivity contribution is 5.95. The van der Waals surface area contributed by atoms with E-state index in [4.69, 9.17) is 9.47 Å². The molecule has 0 fully saturated rings. The van der Waals surface area contributed by atoms with Gasteiger partial charge in [0.2, 0.25) is 17.7 Å². The largest absolute Gasteiger partial charge is 0.508 e. The fourth-order valence-corrected chi connectivity index (χ4v) is 6.93. The minimum atomic E-state index is -1.20. The predicted molar refractivity (Wildman–Crippen MR) is 221 cm³/mol. The molecule has 306 valence electrons. The molecule has 1 aliphatic carbocycles. The van der Waals surface area contributed by atoms with Gasteiger partial charge in [0.25, 0.3) is 0 Å². The molecule has 4 aromatic carbocycles. The Bertz CT molecular complexity index is 2020. The molecular weight excluding hydrogens is 737 g/mol. The van der Waals surface area contributed by atoms with Crippen LogP contribution in [0.15, 0.2) is 103 Å². The van der Waals surface area contributed by atoms with Crippen LogP contribution >= 0.6 is 0 Å². The molecule has 0 heterocycles. The fraction of sp³-hybridized carbons (Fsp3) is 0.370. The molecule has 4 aromatic rings. The Hall–Kier alpha value is -6.17. The fourth-order valence-electron chi connectivity index (χ4n) is 6.93. The SMILES string of the molecule is CC(C)C[C@H](NC(=O)[C@H](C)NC(=O)[C@H](Cc1ccccc1)NC(=O)[C@H](Cc1ccc(O)cc1)NC(=O)OCC1c2ccccc2-c2ccccc21)C(=O)OC(C)(C)C. The van der Waals surface area contributed by atoms with Crippen molar-refractivity contribution in [2.45, 2.75) is 96.5 Å². The molecule has 5 rings (SSSR count). The summed E-state index contributed by atoms with van der Waals surface area (Å²) in [6, 6.07) is 26.8. The number of carbonyl (C=O) groups excluding carboxylic acids is 5. The smallest absolute Gasteiger partial charge is 0.407 e. The third-order valence-electron chi connectivity index (χ3n) is 9.71. The third-order valence-corrected chi connectivity index (χ3v) is 9.71. The van der Waals surface area contributed by atoms with Crippen LogP contribution in [0.4, 0.5) is 4.79 Å². The molecule has 4 amide bonds. The molecule has 1 aliphatic rings. The van der Waals surface area contributed by atoms with Gasteiger partial charge in [-0.2, -0.15) is 0 Å². The number of carbonyl (C=O) groups is 5. The van der Waals surface area contributed by atoms with E-state index in [1.54, 1.807) is 45.0 Å². The van der Waals surface area contributed by atoms with Crippen LogP contribution in [0.25, 0.3) is 11.1 Å². The average molecular weight is 791 g/mol. The van der Waals surface area contributed by atoms with Crippen molar-refractivity contribution in [3.63, 3.8) is 0 Å². The summed E-state index contributed by atoms with van der Waals surface area (Å²) >= 11 is 0. The Balaban J connectivity index is 1.31. The number of rotatable bonds is 16. The quantitative estimate of drug-likeness (QED) is 0.0868. The highest BCUT2D eigenvalue weighted by Crippen LogP contribution is 2.44.